The highest BCUT2D eigenvalue weighted by molar-refractivity contribution is 5.95. The van der Waals surface area contributed by atoms with Crippen LogP contribution in [0, 0.1) is 35.0 Å². The first-order valence-electron chi connectivity index (χ1n) is 17.2. The van der Waals surface area contributed by atoms with Gasteiger partial charge in [-0.15, -0.1) is 0 Å². The Labute approximate surface area is 304 Å². The molecule has 1 saturated heterocycles. The number of amides is 1. The molecule has 11 heteroatoms. The summed E-state index contributed by atoms with van der Waals surface area (Å²) in [4.78, 5) is 14.9. The van der Waals surface area contributed by atoms with Gasteiger partial charge in [0.2, 0.25) is 5.82 Å². The number of likely N-dealkylation sites (N-methyl/N-ethyl adjacent to an activating group) is 1. The van der Waals surface area contributed by atoms with Crippen LogP contribution in [0.1, 0.15) is 70.5 Å². The van der Waals surface area contributed by atoms with Gasteiger partial charge < -0.3 is 19.9 Å². The van der Waals surface area contributed by atoms with Gasteiger partial charge in [-0.25, -0.2) is 22.0 Å². The molecule has 1 amide bonds. The lowest BCUT2D eigenvalue weighted by Gasteiger charge is -2.43. The van der Waals surface area contributed by atoms with Crippen molar-refractivity contribution in [2.75, 3.05) is 13.6 Å². The van der Waals surface area contributed by atoms with Gasteiger partial charge in [-0.05, 0) is 47.4 Å². The van der Waals surface area contributed by atoms with Crippen molar-refractivity contribution >= 4 is 5.91 Å². The number of nitrogens with one attached hydrogen (secondary N) is 1. The van der Waals surface area contributed by atoms with Gasteiger partial charge in [-0.2, -0.15) is 0 Å². The van der Waals surface area contributed by atoms with Crippen molar-refractivity contribution in [3.05, 3.63) is 166 Å². The zero-order valence-corrected chi connectivity index (χ0v) is 29.3. The summed E-state index contributed by atoms with van der Waals surface area (Å²) in [6.45, 7) is 4.58. The van der Waals surface area contributed by atoms with Gasteiger partial charge in [0.1, 0.15) is 5.56 Å². The average Bonchev–Trinajstić information content (AvgIpc) is 3.19. The summed E-state index contributed by atoms with van der Waals surface area (Å²) in [5.74, 6) is -12.6. The molecule has 276 valence electrons. The third-order valence-electron chi connectivity index (χ3n) is 9.92. The summed E-state index contributed by atoms with van der Waals surface area (Å²) in [6, 6.07) is 32.5. The van der Waals surface area contributed by atoms with Crippen LogP contribution in [0.15, 0.2) is 103 Å². The molecular weight excluding hydrogens is 691 g/mol. The number of benzene rings is 5. The maximum Gasteiger partial charge on any atom is 0.257 e. The summed E-state index contributed by atoms with van der Waals surface area (Å²) >= 11 is 0. The Kier molecular flexibility index (Phi) is 11.7. The summed E-state index contributed by atoms with van der Waals surface area (Å²) < 4.78 is 82.8. The number of aliphatic hydroxyl groups is 1. The van der Waals surface area contributed by atoms with E-state index < -0.39 is 46.8 Å². The minimum Gasteiger partial charge on any atom is -0.392 e. The highest BCUT2D eigenvalue weighted by atomic mass is 19.2. The molecule has 0 aliphatic carbocycles. The van der Waals surface area contributed by atoms with E-state index in [1.165, 1.54) is 5.56 Å². The van der Waals surface area contributed by atoms with Gasteiger partial charge in [0, 0.05) is 30.6 Å². The molecule has 6 rings (SSSR count). The van der Waals surface area contributed by atoms with Crippen LogP contribution < -0.4 is 5.32 Å². The molecule has 5 aromatic carbocycles. The molecule has 5 unspecified atom stereocenters. The van der Waals surface area contributed by atoms with E-state index in [1.54, 1.807) is 24.3 Å². The fraction of sp³-hybridized carbons (Fsp3) is 0.262. The minimum atomic E-state index is -2.34. The van der Waals surface area contributed by atoms with Crippen molar-refractivity contribution in [3.63, 3.8) is 0 Å². The lowest BCUT2D eigenvalue weighted by Crippen LogP contribution is -2.44. The van der Waals surface area contributed by atoms with Crippen LogP contribution in [0.2, 0.25) is 0 Å². The molecule has 53 heavy (non-hydrogen) atoms. The molecule has 0 bridgehead atoms. The Balaban J connectivity index is 1.23. The van der Waals surface area contributed by atoms with Crippen LogP contribution in [-0.2, 0) is 22.6 Å². The van der Waals surface area contributed by atoms with E-state index >= 15 is 0 Å². The Morgan fingerprint density at radius 2 is 1.36 bits per heavy atom. The van der Waals surface area contributed by atoms with Crippen LogP contribution in [0.25, 0.3) is 11.1 Å². The summed E-state index contributed by atoms with van der Waals surface area (Å²) in [6.07, 6.45) is -1.24. The number of ether oxygens (including phenoxy) is 2. The normalized spacial score (nSPS) is 19.3. The quantitative estimate of drug-likeness (QED) is 0.0807. The van der Waals surface area contributed by atoms with E-state index in [9.17, 15) is 31.9 Å². The van der Waals surface area contributed by atoms with Crippen LogP contribution in [-0.4, -0.2) is 35.6 Å². The third kappa shape index (κ3) is 8.03. The second kappa shape index (κ2) is 16.4. The third-order valence-corrected chi connectivity index (χ3v) is 9.92. The second-order valence-electron chi connectivity index (χ2n) is 13.3. The van der Waals surface area contributed by atoms with Crippen molar-refractivity contribution < 1.29 is 41.3 Å². The molecule has 1 heterocycles. The summed E-state index contributed by atoms with van der Waals surface area (Å²) in [7, 11) is 2.07. The van der Waals surface area contributed by atoms with E-state index in [2.05, 4.69) is 43.2 Å². The second-order valence-corrected chi connectivity index (χ2v) is 13.3. The Morgan fingerprint density at radius 1 is 0.774 bits per heavy atom. The first-order chi connectivity index (χ1) is 25.5. The number of hydrogen-bond donors (Lipinski definition) is 2. The molecule has 0 saturated carbocycles. The number of nitrogens with zero attached hydrogens (tertiary/aromatic N) is 1. The Morgan fingerprint density at radius 3 is 2.00 bits per heavy atom. The molecule has 0 aromatic heterocycles. The molecule has 5 atom stereocenters. The van der Waals surface area contributed by atoms with Crippen LogP contribution in [0.4, 0.5) is 22.0 Å². The molecule has 5 aromatic rings. The molecular formula is C42H39F5N2O4. The standard InChI is InChI=1S/C42H39F5N2O4/c1-24-33(22-49(3)25(2)27-9-5-4-6-10-27)52-42(53-40(24)29-15-13-26(23-50)14-16-29)30-19-17-28(18-20-30)32-12-8-7-11-31(32)21-48-41(51)34-35(43)37(45)39(47)38(46)36(34)44/h4-20,24-25,33,40,42,50H,21-23H2,1-3H3,(H,48,51). The van der Waals surface area contributed by atoms with Crippen LogP contribution >= 0.6 is 0 Å². The fourth-order valence-corrected chi connectivity index (χ4v) is 6.60. The zero-order valence-electron chi connectivity index (χ0n) is 29.3. The molecule has 0 spiro atoms. The molecule has 0 radical (unpaired) electrons. The lowest BCUT2D eigenvalue weighted by molar-refractivity contribution is -0.276. The van der Waals surface area contributed by atoms with E-state index in [4.69, 9.17) is 9.47 Å². The van der Waals surface area contributed by atoms with Crippen molar-refractivity contribution in [1.82, 2.24) is 10.2 Å². The molecule has 1 aliphatic rings. The monoisotopic (exact) mass is 730 g/mol. The van der Waals surface area contributed by atoms with Crippen molar-refractivity contribution in [2.24, 2.45) is 5.92 Å². The van der Waals surface area contributed by atoms with Crippen molar-refractivity contribution in [3.8, 4) is 11.1 Å². The minimum absolute atomic E-state index is 0.0251. The van der Waals surface area contributed by atoms with Crippen LogP contribution in [0.3, 0.4) is 0 Å². The first-order valence-corrected chi connectivity index (χ1v) is 17.2. The summed E-state index contributed by atoms with van der Waals surface area (Å²) in [5, 5.41) is 11.9. The highest BCUT2D eigenvalue weighted by Crippen LogP contribution is 2.42. The predicted molar refractivity (Wildman–Crippen MR) is 190 cm³/mol. The Hall–Kier alpha value is -4.94. The van der Waals surface area contributed by atoms with Gasteiger partial charge in [-0.1, -0.05) is 110 Å². The number of aliphatic hydroxyl groups excluding tert-OH is 1. The Bertz CT molecular complexity index is 2020. The number of carbonyl (C=O) groups is 1. The fourth-order valence-electron chi connectivity index (χ4n) is 6.60. The van der Waals surface area contributed by atoms with Gasteiger partial charge in [0.15, 0.2) is 29.6 Å². The maximum absolute atomic E-state index is 14.3. The van der Waals surface area contributed by atoms with Crippen molar-refractivity contribution in [1.29, 1.82) is 0 Å². The zero-order chi connectivity index (χ0) is 37.8. The molecule has 1 aliphatic heterocycles. The highest BCUT2D eigenvalue weighted by Gasteiger charge is 2.39. The molecule has 6 nitrogen and oxygen atoms in total. The number of halogens is 5. The predicted octanol–water partition coefficient (Wildman–Crippen LogP) is 8.96. The number of hydrogen-bond acceptors (Lipinski definition) is 5. The number of carbonyl (C=O) groups excluding carboxylic acids is 1. The van der Waals surface area contributed by atoms with E-state index in [0.717, 1.165) is 22.3 Å². The number of rotatable bonds is 11. The largest absolute Gasteiger partial charge is 0.392 e. The van der Waals surface area contributed by atoms with Gasteiger partial charge in [-0.3, -0.25) is 9.69 Å². The van der Waals surface area contributed by atoms with E-state index in [1.807, 2.05) is 66.7 Å². The first kappa shape index (κ1) is 37.8. The smallest absolute Gasteiger partial charge is 0.257 e. The van der Waals surface area contributed by atoms with Crippen LogP contribution in [0.5, 0.6) is 0 Å². The SMILES string of the molecule is CC1C(CN(C)C(C)c2ccccc2)OC(c2ccc(-c3ccccc3CNC(=O)c3c(F)c(F)c(F)c(F)c3F)cc2)OC1c1ccc(CO)cc1. The van der Waals surface area contributed by atoms with Gasteiger partial charge >= 0.3 is 0 Å². The van der Waals surface area contributed by atoms with Gasteiger partial charge in [0.25, 0.3) is 5.91 Å². The van der Waals surface area contributed by atoms with E-state index in [-0.39, 0.29) is 37.3 Å². The van der Waals surface area contributed by atoms with Crippen molar-refractivity contribution in [2.45, 2.75) is 51.5 Å². The summed E-state index contributed by atoms with van der Waals surface area (Å²) in [5.41, 5.74) is 4.12. The molecule has 2 N–H and O–H groups in total. The maximum atomic E-state index is 14.3. The topological polar surface area (TPSA) is 71.0 Å². The molecule has 1 fully saturated rings. The lowest BCUT2D eigenvalue weighted by atomic mass is 9.89. The average molecular weight is 731 g/mol. The van der Waals surface area contributed by atoms with Gasteiger partial charge in [0.05, 0.1) is 18.8 Å². The van der Waals surface area contributed by atoms with E-state index in [0.29, 0.717) is 17.7 Å².